The summed E-state index contributed by atoms with van der Waals surface area (Å²) >= 11 is 0. The molecule has 0 unspecified atom stereocenters. The third kappa shape index (κ3) is 4.80. The monoisotopic (exact) mass is 436 g/mol. The van der Waals surface area contributed by atoms with E-state index in [2.05, 4.69) is 21.0 Å². The van der Waals surface area contributed by atoms with E-state index in [-0.39, 0.29) is 24.4 Å². The summed E-state index contributed by atoms with van der Waals surface area (Å²) in [5, 5.41) is 2.18. The van der Waals surface area contributed by atoms with Crippen molar-refractivity contribution in [3.05, 3.63) is 53.5 Å². The minimum Gasteiger partial charge on any atom is -0.478 e. The molecule has 1 saturated heterocycles. The number of amides is 1. The van der Waals surface area contributed by atoms with Gasteiger partial charge in [0.1, 0.15) is 6.10 Å². The van der Waals surface area contributed by atoms with Crippen molar-refractivity contribution in [2.45, 2.75) is 33.3 Å². The highest BCUT2D eigenvalue weighted by atomic mass is 16.5. The van der Waals surface area contributed by atoms with Crippen molar-refractivity contribution < 1.29 is 19.0 Å². The van der Waals surface area contributed by atoms with Crippen LogP contribution in [-0.4, -0.2) is 58.7 Å². The molecule has 3 aromatic rings. The lowest BCUT2D eigenvalue weighted by molar-refractivity contribution is -0.138. The van der Waals surface area contributed by atoms with Crippen LogP contribution in [0.5, 0.6) is 11.9 Å². The predicted molar refractivity (Wildman–Crippen MR) is 120 cm³/mol. The number of aryl methyl sites for hydroxylation is 1. The number of hydrogen-bond acceptors (Lipinski definition) is 7. The quantitative estimate of drug-likeness (QED) is 0.562. The lowest BCUT2D eigenvalue weighted by atomic mass is 10.1. The van der Waals surface area contributed by atoms with E-state index in [0.717, 1.165) is 16.5 Å². The zero-order valence-corrected chi connectivity index (χ0v) is 18.7. The zero-order chi connectivity index (χ0) is 22.5. The Morgan fingerprint density at radius 3 is 2.72 bits per heavy atom. The van der Waals surface area contributed by atoms with E-state index in [1.54, 1.807) is 0 Å². The SMILES string of the molecule is CCOc1nc(C)c(CC(=O)N2CCO[C@H](c3cc4ccccc4cn3)C2)c(OCC)n1. The molecule has 3 heterocycles. The van der Waals surface area contributed by atoms with E-state index in [1.165, 1.54) is 0 Å². The highest BCUT2D eigenvalue weighted by molar-refractivity contribution is 5.82. The Bertz CT molecular complexity index is 1100. The molecule has 0 spiro atoms. The summed E-state index contributed by atoms with van der Waals surface area (Å²) in [5.74, 6) is 0.383. The second-order valence-corrected chi connectivity index (χ2v) is 7.57. The van der Waals surface area contributed by atoms with Crippen LogP contribution in [0.4, 0.5) is 0 Å². The molecule has 1 atom stereocenters. The Labute approximate surface area is 187 Å². The lowest BCUT2D eigenvalue weighted by Gasteiger charge is -2.33. The number of pyridine rings is 1. The van der Waals surface area contributed by atoms with E-state index in [4.69, 9.17) is 14.2 Å². The third-order valence-electron chi connectivity index (χ3n) is 5.44. The molecule has 168 valence electrons. The van der Waals surface area contributed by atoms with Crippen molar-refractivity contribution in [2.75, 3.05) is 32.9 Å². The van der Waals surface area contributed by atoms with Crippen LogP contribution >= 0.6 is 0 Å². The van der Waals surface area contributed by atoms with E-state index >= 15 is 0 Å². The van der Waals surface area contributed by atoms with Gasteiger partial charge in [0.2, 0.25) is 11.8 Å². The molecule has 8 heteroatoms. The fraction of sp³-hybridized carbons (Fsp3) is 0.417. The first-order valence-corrected chi connectivity index (χ1v) is 11.0. The van der Waals surface area contributed by atoms with Crippen LogP contribution < -0.4 is 9.47 Å². The zero-order valence-electron chi connectivity index (χ0n) is 18.7. The van der Waals surface area contributed by atoms with Crippen LogP contribution in [0.15, 0.2) is 36.5 Å². The van der Waals surface area contributed by atoms with E-state index in [1.807, 2.05) is 56.1 Å². The molecular weight excluding hydrogens is 408 g/mol. The Kier molecular flexibility index (Phi) is 6.80. The topological polar surface area (TPSA) is 86.7 Å². The summed E-state index contributed by atoms with van der Waals surface area (Å²) in [4.78, 5) is 28.3. The molecule has 4 rings (SSSR count). The minimum absolute atomic E-state index is 0.0177. The summed E-state index contributed by atoms with van der Waals surface area (Å²) in [6, 6.07) is 10.4. The molecule has 2 aromatic heterocycles. The largest absolute Gasteiger partial charge is 0.478 e. The highest BCUT2D eigenvalue weighted by Crippen LogP contribution is 2.26. The summed E-state index contributed by atoms with van der Waals surface area (Å²) in [6.45, 7) is 7.94. The molecule has 1 fully saturated rings. The number of morpholine rings is 1. The van der Waals surface area contributed by atoms with Crippen molar-refractivity contribution in [1.82, 2.24) is 19.9 Å². The Morgan fingerprint density at radius 2 is 1.94 bits per heavy atom. The maximum atomic E-state index is 13.2. The first-order valence-electron chi connectivity index (χ1n) is 11.0. The van der Waals surface area contributed by atoms with Gasteiger partial charge < -0.3 is 19.1 Å². The van der Waals surface area contributed by atoms with Crippen molar-refractivity contribution >= 4 is 16.7 Å². The fourth-order valence-corrected chi connectivity index (χ4v) is 3.79. The number of ether oxygens (including phenoxy) is 3. The van der Waals surface area contributed by atoms with Crippen molar-refractivity contribution in [3.63, 3.8) is 0 Å². The van der Waals surface area contributed by atoms with Crippen LogP contribution in [0.25, 0.3) is 10.8 Å². The van der Waals surface area contributed by atoms with Crippen LogP contribution in [0.1, 0.15) is 36.9 Å². The number of fused-ring (bicyclic) bond motifs is 1. The number of aromatic nitrogens is 3. The van der Waals surface area contributed by atoms with Crippen LogP contribution in [-0.2, 0) is 16.0 Å². The van der Waals surface area contributed by atoms with E-state index < -0.39 is 0 Å². The van der Waals surface area contributed by atoms with Crippen LogP contribution in [0, 0.1) is 6.92 Å². The van der Waals surface area contributed by atoms with Crippen molar-refractivity contribution in [1.29, 1.82) is 0 Å². The molecule has 0 aliphatic carbocycles. The van der Waals surface area contributed by atoms with Crippen LogP contribution in [0.2, 0.25) is 0 Å². The number of nitrogens with zero attached hydrogens (tertiary/aromatic N) is 4. The standard InChI is InChI=1S/C24H28N4O4/c1-4-30-23-19(16(3)26-24(27-23)31-5-2)13-22(29)28-10-11-32-21(15-28)20-12-17-8-6-7-9-18(17)14-25-20/h6-9,12,14,21H,4-5,10-11,13,15H2,1-3H3/t21-/m0/s1. The van der Waals surface area contributed by atoms with Gasteiger partial charge in [0.05, 0.1) is 44.2 Å². The smallest absolute Gasteiger partial charge is 0.319 e. The second-order valence-electron chi connectivity index (χ2n) is 7.57. The second kappa shape index (κ2) is 9.91. The maximum Gasteiger partial charge on any atom is 0.319 e. The Balaban J connectivity index is 1.51. The molecule has 32 heavy (non-hydrogen) atoms. The first-order chi connectivity index (χ1) is 15.6. The molecule has 0 bridgehead atoms. The third-order valence-corrected chi connectivity index (χ3v) is 5.44. The minimum atomic E-state index is -0.263. The highest BCUT2D eigenvalue weighted by Gasteiger charge is 2.28. The fourth-order valence-electron chi connectivity index (χ4n) is 3.79. The molecule has 0 saturated carbocycles. The molecule has 1 aromatic carbocycles. The number of rotatable bonds is 7. The molecular formula is C24H28N4O4. The van der Waals surface area contributed by atoms with Gasteiger partial charge in [-0.15, -0.1) is 0 Å². The predicted octanol–water partition coefficient (Wildman–Crippen LogP) is 3.27. The molecule has 1 amide bonds. The maximum absolute atomic E-state index is 13.2. The number of carbonyl (C=O) groups is 1. The molecule has 1 aliphatic rings. The van der Waals surface area contributed by atoms with Gasteiger partial charge in [0.15, 0.2) is 0 Å². The van der Waals surface area contributed by atoms with Gasteiger partial charge in [0, 0.05) is 23.7 Å². The van der Waals surface area contributed by atoms with Crippen molar-refractivity contribution in [3.8, 4) is 11.9 Å². The van der Waals surface area contributed by atoms with Gasteiger partial charge >= 0.3 is 6.01 Å². The summed E-state index contributed by atoms with van der Waals surface area (Å²) in [6.07, 6.45) is 1.75. The van der Waals surface area contributed by atoms with Gasteiger partial charge in [0.25, 0.3) is 0 Å². The lowest BCUT2D eigenvalue weighted by Crippen LogP contribution is -2.43. The first kappa shape index (κ1) is 22.0. The average molecular weight is 437 g/mol. The normalized spacial score (nSPS) is 16.2. The summed E-state index contributed by atoms with van der Waals surface area (Å²) in [7, 11) is 0. The summed E-state index contributed by atoms with van der Waals surface area (Å²) < 4.78 is 17.1. The van der Waals surface area contributed by atoms with Gasteiger partial charge in [-0.05, 0) is 32.2 Å². The van der Waals surface area contributed by atoms with Gasteiger partial charge in [-0.3, -0.25) is 9.78 Å². The summed E-state index contributed by atoms with van der Waals surface area (Å²) in [5.41, 5.74) is 2.20. The molecule has 0 N–H and O–H groups in total. The average Bonchev–Trinajstić information content (AvgIpc) is 2.81. The van der Waals surface area contributed by atoms with Crippen molar-refractivity contribution in [2.24, 2.45) is 0 Å². The van der Waals surface area contributed by atoms with E-state index in [9.17, 15) is 4.79 Å². The molecule has 0 radical (unpaired) electrons. The van der Waals surface area contributed by atoms with Gasteiger partial charge in [-0.2, -0.15) is 4.98 Å². The van der Waals surface area contributed by atoms with Crippen LogP contribution in [0.3, 0.4) is 0 Å². The van der Waals surface area contributed by atoms with E-state index in [0.29, 0.717) is 50.0 Å². The Hall–Kier alpha value is -3.26. The molecule has 8 nitrogen and oxygen atoms in total. The number of carbonyl (C=O) groups excluding carboxylic acids is 1. The van der Waals surface area contributed by atoms with Gasteiger partial charge in [-0.1, -0.05) is 24.3 Å². The Morgan fingerprint density at radius 1 is 1.16 bits per heavy atom. The number of benzene rings is 1. The molecule has 1 aliphatic heterocycles. The van der Waals surface area contributed by atoms with Gasteiger partial charge in [-0.25, -0.2) is 4.98 Å². The number of hydrogen-bond donors (Lipinski definition) is 0.